The van der Waals surface area contributed by atoms with Crippen LogP contribution in [0.1, 0.15) is 5.56 Å². The molecule has 2 aromatic rings. The SMILES string of the molecule is COc1ccc(N=CC#Cc2ccccc2)cc1. The summed E-state index contributed by atoms with van der Waals surface area (Å²) in [5.41, 5.74) is 1.84. The molecule has 0 unspecified atom stereocenters. The fourth-order valence-corrected chi connectivity index (χ4v) is 1.41. The van der Waals surface area contributed by atoms with Gasteiger partial charge in [-0.25, -0.2) is 4.99 Å². The van der Waals surface area contributed by atoms with Crippen molar-refractivity contribution in [1.29, 1.82) is 0 Å². The predicted molar refractivity (Wildman–Crippen MR) is 74.5 cm³/mol. The largest absolute Gasteiger partial charge is 0.497 e. The predicted octanol–water partition coefficient (Wildman–Crippen LogP) is 3.45. The molecule has 18 heavy (non-hydrogen) atoms. The zero-order valence-electron chi connectivity index (χ0n) is 10.1. The second-order valence-corrected chi connectivity index (χ2v) is 3.59. The lowest BCUT2D eigenvalue weighted by atomic mass is 10.2. The molecule has 0 aliphatic carbocycles. The minimum absolute atomic E-state index is 0.823. The lowest BCUT2D eigenvalue weighted by molar-refractivity contribution is 0.415. The Balaban J connectivity index is 2.01. The van der Waals surface area contributed by atoms with Crippen LogP contribution in [0.5, 0.6) is 5.75 Å². The van der Waals surface area contributed by atoms with Crippen LogP contribution in [0.25, 0.3) is 0 Å². The first-order chi connectivity index (χ1) is 8.88. The molecule has 0 aliphatic rings. The van der Waals surface area contributed by atoms with Gasteiger partial charge in [0.15, 0.2) is 0 Å². The minimum atomic E-state index is 0.823. The fourth-order valence-electron chi connectivity index (χ4n) is 1.41. The monoisotopic (exact) mass is 235 g/mol. The molecule has 0 bridgehead atoms. The van der Waals surface area contributed by atoms with Gasteiger partial charge in [0.2, 0.25) is 0 Å². The Morgan fingerprint density at radius 1 is 1.00 bits per heavy atom. The number of methoxy groups -OCH3 is 1. The fraction of sp³-hybridized carbons (Fsp3) is 0.0625. The average Bonchev–Trinajstić information content (AvgIpc) is 2.45. The van der Waals surface area contributed by atoms with Gasteiger partial charge in [0.1, 0.15) is 5.75 Å². The highest BCUT2D eigenvalue weighted by atomic mass is 16.5. The summed E-state index contributed by atoms with van der Waals surface area (Å²) in [6, 6.07) is 17.3. The van der Waals surface area contributed by atoms with E-state index in [1.807, 2.05) is 54.6 Å². The summed E-state index contributed by atoms with van der Waals surface area (Å²) in [5, 5.41) is 0. The zero-order valence-corrected chi connectivity index (χ0v) is 10.1. The number of benzene rings is 2. The lowest BCUT2D eigenvalue weighted by Gasteiger charge is -1.97. The standard InChI is InChI=1S/C16H13NO/c1-18-16-11-9-15(10-12-16)17-13-5-8-14-6-3-2-4-7-14/h2-4,6-7,9-13H,1H3. The number of ether oxygens (including phenoxy) is 1. The van der Waals surface area contributed by atoms with E-state index in [2.05, 4.69) is 16.8 Å². The number of nitrogens with zero attached hydrogens (tertiary/aromatic N) is 1. The maximum Gasteiger partial charge on any atom is 0.119 e. The van der Waals surface area contributed by atoms with Crippen LogP contribution in [0.4, 0.5) is 5.69 Å². The van der Waals surface area contributed by atoms with Gasteiger partial charge in [-0.3, -0.25) is 0 Å². The summed E-state index contributed by atoms with van der Waals surface area (Å²) >= 11 is 0. The van der Waals surface area contributed by atoms with Crippen LogP contribution in [0.2, 0.25) is 0 Å². The molecule has 0 atom stereocenters. The molecule has 0 N–H and O–H groups in total. The Morgan fingerprint density at radius 3 is 2.39 bits per heavy atom. The zero-order chi connectivity index (χ0) is 12.6. The molecule has 0 aromatic heterocycles. The number of aliphatic imine (C=N–C) groups is 1. The van der Waals surface area contributed by atoms with Crippen molar-refractivity contribution in [3.63, 3.8) is 0 Å². The smallest absolute Gasteiger partial charge is 0.119 e. The molecule has 0 radical (unpaired) electrons. The highest BCUT2D eigenvalue weighted by Crippen LogP contribution is 2.16. The van der Waals surface area contributed by atoms with Gasteiger partial charge in [0, 0.05) is 5.56 Å². The molecule has 2 heteroatoms. The number of hydrogen-bond donors (Lipinski definition) is 0. The molecule has 2 aromatic carbocycles. The first kappa shape index (κ1) is 11.9. The summed E-state index contributed by atoms with van der Waals surface area (Å²) in [7, 11) is 1.64. The third kappa shape index (κ3) is 3.50. The number of rotatable bonds is 2. The van der Waals surface area contributed by atoms with Gasteiger partial charge in [-0.15, -0.1) is 0 Å². The first-order valence-electron chi connectivity index (χ1n) is 5.61. The molecule has 88 valence electrons. The van der Waals surface area contributed by atoms with Crippen LogP contribution >= 0.6 is 0 Å². The van der Waals surface area contributed by atoms with Crippen LogP contribution in [0, 0.1) is 11.8 Å². The molecular formula is C16H13NO. The van der Waals surface area contributed by atoms with Crippen molar-refractivity contribution in [3.05, 3.63) is 60.2 Å². The Morgan fingerprint density at radius 2 is 1.72 bits per heavy atom. The van der Waals surface area contributed by atoms with Crippen LogP contribution in [0.15, 0.2) is 59.6 Å². The second-order valence-electron chi connectivity index (χ2n) is 3.59. The van der Waals surface area contributed by atoms with Crippen LogP contribution in [-0.2, 0) is 0 Å². The van der Waals surface area contributed by atoms with E-state index in [1.54, 1.807) is 13.3 Å². The molecule has 2 nitrogen and oxygen atoms in total. The van der Waals surface area contributed by atoms with Crippen LogP contribution < -0.4 is 4.74 Å². The van der Waals surface area contributed by atoms with Gasteiger partial charge in [-0.2, -0.15) is 0 Å². The molecule has 0 saturated carbocycles. The Kier molecular flexibility index (Phi) is 4.16. The van der Waals surface area contributed by atoms with E-state index in [1.165, 1.54) is 0 Å². The highest BCUT2D eigenvalue weighted by Gasteiger charge is 1.89. The van der Waals surface area contributed by atoms with E-state index in [9.17, 15) is 0 Å². The van der Waals surface area contributed by atoms with E-state index in [-0.39, 0.29) is 0 Å². The molecule has 0 heterocycles. The topological polar surface area (TPSA) is 21.6 Å². The minimum Gasteiger partial charge on any atom is -0.497 e. The van der Waals surface area contributed by atoms with Gasteiger partial charge in [0.25, 0.3) is 0 Å². The van der Waals surface area contributed by atoms with E-state index in [0.717, 1.165) is 17.0 Å². The van der Waals surface area contributed by atoms with Crippen molar-refractivity contribution in [1.82, 2.24) is 0 Å². The van der Waals surface area contributed by atoms with Crippen LogP contribution in [0.3, 0.4) is 0 Å². The third-order valence-electron chi connectivity index (χ3n) is 2.34. The Bertz CT molecular complexity index is 574. The van der Waals surface area contributed by atoms with Crippen molar-refractivity contribution >= 4 is 11.9 Å². The number of hydrogen-bond acceptors (Lipinski definition) is 2. The van der Waals surface area contributed by atoms with E-state index in [0.29, 0.717) is 0 Å². The summed E-state index contributed by atoms with van der Waals surface area (Å²) in [4.78, 5) is 4.24. The Labute approximate surface area is 107 Å². The molecule has 0 fully saturated rings. The normalized spacial score (nSPS) is 9.83. The Hall–Kier alpha value is -2.53. The van der Waals surface area contributed by atoms with E-state index < -0.39 is 0 Å². The molecule has 0 saturated heterocycles. The average molecular weight is 235 g/mol. The first-order valence-corrected chi connectivity index (χ1v) is 5.61. The molecule has 2 rings (SSSR count). The quantitative estimate of drug-likeness (QED) is 0.577. The highest BCUT2D eigenvalue weighted by molar-refractivity contribution is 5.81. The van der Waals surface area contributed by atoms with Crippen molar-refractivity contribution in [2.24, 2.45) is 4.99 Å². The third-order valence-corrected chi connectivity index (χ3v) is 2.34. The maximum absolute atomic E-state index is 5.07. The van der Waals surface area contributed by atoms with Crippen molar-refractivity contribution in [2.75, 3.05) is 7.11 Å². The van der Waals surface area contributed by atoms with Crippen molar-refractivity contribution in [2.45, 2.75) is 0 Å². The molecule has 0 amide bonds. The summed E-state index contributed by atoms with van der Waals surface area (Å²) in [6.07, 6.45) is 1.61. The molecule has 0 aliphatic heterocycles. The summed E-state index contributed by atoms with van der Waals surface area (Å²) < 4.78 is 5.07. The lowest BCUT2D eigenvalue weighted by Crippen LogP contribution is -1.79. The van der Waals surface area contributed by atoms with E-state index in [4.69, 9.17) is 4.74 Å². The van der Waals surface area contributed by atoms with Gasteiger partial charge in [-0.1, -0.05) is 24.1 Å². The van der Waals surface area contributed by atoms with Gasteiger partial charge < -0.3 is 4.74 Å². The van der Waals surface area contributed by atoms with Gasteiger partial charge in [-0.05, 0) is 42.3 Å². The van der Waals surface area contributed by atoms with Crippen molar-refractivity contribution < 1.29 is 4.74 Å². The van der Waals surface area contributed by atoms with E-state index >= 15 is 0 Å². The molecular weight excluding hydrogens is 222 g/mol. The summed E-state index contributed by atoms with van der Waals surface area (Å²) in [6.45, 7) is 0. The molecule has 0 spiro atoms. The van der Waals surface area contributed by atoms with Gasteiger partial charge in [0.05, 0.1) is 19.0 Å². The van der Waals surface area contributed by atoms with Crippen molar-refractivity contribution in [3.8, 4) is 17.6 Å². The second kappa shape index (κ2) is 6.27. The maximum atomic E-state index is 5.07. The van der Waals surface area contributed by atoms with Crippen LogP contribution in [-0.4, -0.2) is 13.3 Å². The van der Waals surface area contributed by atoms with Gasteiger partial charge >= 0.3 is 0 Å². The summed E-state index contributed by atoms with van der Waals surface area (Å²) in [5.74, 6) is 6.74.